The molecule has 0 unspecified atom stereocenters. The molecule has 0 aliphatic rings. The molecule has 0 amide bonds. The van der Waals surface area contributed by atoms with Crippen LogP contribution in [0, 0.1) is 21.7 Å². The normalized spacial score (nSPS) is 10.2. The number of aldehydes is 1. The summed E-state index contributed by atoms with van der Waals surface area (Å²) in [6.07, 6.45) is 0.368. The summed E-state index contributed by atoms with van der Waals surface area (Å²) in [6.45, 7) is 0. The second-order valence-electron chi connectivity index (χ2n) is 3.78. The zero-order chi connectivity index (χ0) is 14.0. The maximum absolute atomic E-state index is 13.1. The van der Waals surface area contributed by atoms with E-state index in [1.54, 1.807) is 0 Å². The lowest BCUT2D eigenvalue weighted by Gasteiger charge is -2.03. The highest BCUT2D eigenvalue weighted by atomic mass is 19.2. The van der Waals surface area contributed by atoms with E-state index in [1.165, 1.54) is 18.2 Å². The molecule has 0 saturated carbocycles. The van der Waals surface area contributed by atoms with E-state index in [4.69, 9.17) is 0 Å². The number of nitro benzene ring substituents is 1. The van der Waals surface area contributed by atoms with E-state index in [0.717, 1.165) is 18.2 Å². The number of halogens is 2. The summed E-state index contributed by atoms with van der Waals surface area (Å²) in [5.74, 6) is -2.04. The van der Waals surface area contributed by atoms with Crippen LogP contribution in [-0.4, -0.2) is 11.2 Å². The van der Waals surface area contributed by atoms with Crippen LogP contribution < -0.4 is 0 Å². The third-order valence-electron chi connectivity index (χ3n) is 2.61. The molecule has 19 heavy (non-hydrogen) atoms. The van der Waals surface area contributed by atoms with Crippen LogP contribution in [0.3, 0.4) is 0 Å². The lowest BCUT2D eigenvalue weighted by Crippen LogP contribution is -1.95. The van der Waals surface area contributed by atoms with Crippen molar-refractivity contribution in [3.05, 3.63) is 63.7 Å². The van der Waals surface area contributed by atoms with Crippen LogP contribution in [0.15, 0.2) is 36.4 Å². The van der Waals surface area contributed by atoms with Crippen molar-refractivity contribution in [1.29, 1.82) is 0 Å². The fraction of sp³-hybridized carbons (Fsp3) is 0. The number of nitro groups is 1. The van der Waals surface area contributed by atoms with Crippen molar-refractivity contribution >= 4 is 12.0 Å². The Kier molecular flexibility index (Phi) is 3.33. The van der Waals surface area contributed by atoms with Gasteiger partial charge in [0.2, 0.25) is 0 Å². The van der Waals surface area contributed by atoms with Crippen LogP contribution in [0.25, 0.3) is 11.1 Å². The molecule has 0 N–H and O–H groups in total. The average Bonchev–Trinajstić information content (AvgIpc) is 2.41. The van der Waals surface area contributed by atoms with E-state index in [-0.39, 0.29) is 11.3 Å². The van der Waals surface area contributed by atoms with E-state index in [0.29, 0.717) is 17.4 Å². The number of rotatable bonds is 3. The summed E-state index contributed by atoms with van der Waals surface area (Å²) < 4.78 is 25.9. The predicted molar refractivity (Wildman–Crippen MR) is 63.8 cm³/mol. The molecule has 0 aromatic heterocycles. The van der Waals surface area contributed by atoms with Crippen molar-refractivity contribution in [1.82, 2.24) is 0 Å². The first-order valence-electron chi connectivity index (χ1n) is 5.22. The van der Waals surface area contributed by atoms with Crippen LogP contribution in [-0.2, 0) is 0 Å². The standard InChI is InChI=1S/C13H7F2NO3/c14-11-4-3-8(5-12(11)15)9-1-2-10(7-17)13(6-9)16(18)19/h1-7H. The molecule has 0 atom stereocenters. The van der Waals surface area contributed by atoms with E-state index in [9.17, 15) is 23.7 Å². The molecule has 6 heteroatoms. The Morgan fingerprint density at radius 1 is 1.00 bits per heavy atom. The highest BCUT2D eigenvalue weighted by Gasteiger charge is 2.15. The maximum Gasteiger partial charge on any atom is 0.280 e. The van der Waals surface area contributed by atoms with Gasteiger partial charge in [0, 0.05) is 6.07 Å². The number of carbonyl (C=O) groups is 1. The molecule has 0 aliphatic heterocycles. The predicted octanol–water partition coefficient (Wildman–Crippen LogP) is 3.35. The van der Waals surface area contributed by atoms with Crippen LogP contribution in [0.2, 0.25) is 0 Å². The summed E-state index contributed by atoms with van der Waals surface area (Å²) in [7, 11) is 0. The molecule has 0 fully saturated rings. The van der Waals surface area contributed by atoms with Crippen molar-refractivity contribution in [2.24, 2.45) is 0 Å². The largest absolute Gasteiger partial charge is 0.298 e. The molecule has 0 saturated heterocycles. The van der Waals surface area contributed by atoms with Crippen LogP contribution in [0.5, 0.6) is 0 Å². The van der Waals surface area contributed by atoms with Gasteiger partial charge in [0.1, 0.15) is 0 Å². The third kappa shape index (κ3) is 2.47. The van der Waals surface area contributed by atoms with Gasteiger partial charge in [-0.05, 0) is 29.3 Å². The molecule has 0 heterocycles. The fourth-order valence-electron chi connectivity index (χ4n) is 1.66. The Morgan fingerprint density at radius 3 is 2.21 bits per heavy atom. The van der Waals surface area contributed by atoms with Gasteiger partial charge in [-0.25, -0.2) is 8.78 Å². The minimum absolute atomic E-state index is 0.0728. The molecule has 2 rings (SSSR count). The summed E-state index contributed by atoms with van der Waals surface area (Å²) >= 11 is 0. The minimum Gasteiger partial charge on any atom is -0.298 e. The molecular weight excluding hydrogens is 256 g/mol. The van der Waals surface area contributed by atoms with Crippen molar-refractivity contribution in [2.45, 2.75) is 0 Å². The van der Waals surface area contributed by atoms with Crippen LogP contribution in [0.1, 0.15) is 10.4 Å². The molecule has 96 valence electrons. The second kappa shape index (κ2) is 4.93. The smallest absolute Gasteiger partial charge is 0.280 e. The number of benzene rings is 2. The minimum atomic E-state index is -1.04. The van der Waals surface area contributed by atoms with E-state index < -0.39 is 16.6 Å². The van der Waals surface area contributed by atoms with E-state index in [2.05, 4.69) is 0 Å². The van der Waals surface area contributed by atoms with Gasteiger partial charge in [-0.15, -0.1) is 0 Å². The Balaban J connectivity index is 2.56. The molecular formula is C13H7F2NO3. The Labute approximate surface area is 106 Å². The number of nitrogens with zero attached hydrogens (tertiary/aromatic N) is 1. The zero-order valence-electron chi connectivity index (χ0n) is 9.47. The van der Waals surface area contributed by atoms with Gasteiger partial charge < -0.3 is 0 Å². The quantitative estimate of drug-likeness (QED) is 0.484. The van der Waals surface area contributed by atoms with E-state index >= 15 is 0 Å². The van der Waals surface area contributed by atoms with Gasteiger partial charge in [0.05, 0.1) is 10.5 Å². The third-order valence-corrected chi connectivity index (χ3v) is 2.61. The van der Waals surface area contributed by atoms with Gasteiger partial charge >= 0.3 is 0 Å². The summed E-state index contributed by atoms with van der Waals surface area (Å²) in [4.78, 5) is 20.8. The van der Waals surface area contributed by atoms with Crippen LogP contribution >= 0.6 is 0 Å². The number of carbonyl (C=O) groups excluding carboxylic acids is 1. The maximum atomic E-state index is 13.1. The molecule has 2 aromatic rings. The molecule has 2 aromatic carbocycles. The van der Waals surface area contributed by atoms with Gasteiger partial charge in [-0.2, -0.15) is 0 Å². The first-order valence-corrected chi connectivity index (χ1v) is 5.22. The zero-order valence-corrected chi connectivity index (χ0v) is 9.47. The topological polar surface area (TPSA) is 60.2 Å². The molecule has 0 aliphatic carbocycles. The second-order valence-corrected chi connectivity index (χ2v) is 3.78. The monoisotopic (exact) mass is 263 g/mol. The van der Waals surface area contributed by atoms with Gasteiger partial charge in [0.15, 0.2) is 17.9 Å². The van der Waals surface area contributed by atoms with Crippen molar-refractivity contribution < 1.29 is 18.5 Å². The van der Waals surface area contributed by atoms with Crippen molar-refractivity contribution in [3.63, 3.8) is 0 Å². The summed E-state index contributed by atoms with van der Waals surface area (Å²) in [6, 6.07) is 7.03. The number of hydrogen-bond donors (Lipinski definition) is 0. The number of hydrogen-bond acceptors (Lipinski definition) is 3. The highest BCUT2D eigenvalue weighted by Crippen LogP contribution is 2.27. The average molecular weight is 263 g/mol. The first-order chi connectivity index (χ1) is 9.02. The van der Waals surface area contributed by atoms with Gasteiger partial charge in [-0.1, -0.05) is 12.1 Å². The molecule has 0 spiro atoms. The lowest BCUT2D eigenvalue weighted by atomic mass is 10.0. The van der Waals surface area contributed by atoms with Crippen LogP contribution in [0.4, 0.5) is 14.5 Å². The lowest BCUT2D eigenvalue weighted by molar-refractivity contribution is -0.385. The SMILES string of the molecule is O=Cc1ccc(-c2ccc(F)c(F)c2)cc1[N+](=O)[O-]. The van der Waals surface area contributed by atoms with Crippen molar-refractivity contribution in [2.75, 3.05) is 0 Å². The fourth-order valence-corrected chi connectivity index (χ4v) is 1.66. The Hall–Kier alpha value is -2.63. The molecule has 0 radical (unpaired) electrons. The van der Waals surface area contributed by atoms with E-state index in [1.807, 2.05) is 0 Å². The Bertz CT molecular complexity index is 671. The first kappa shape index (κ1) is 12.8. The van der Waals surface area contributed by atoms with Gasteiger partial charge in [0.25, 0.3) is 5.69 Å². The van der Waals surface area contributed by atoms with Crippen molar-refractivity contribution in [3.8, 4) is 11.1 Å². The van der Waals surface area contributed by atoms with Gasteiger partial charge in [-0.3, -0.25) is 14.9 Å². The molecule has 4 nitrogen and oxygen atoms in total. The summed E-state index contributed by atoms with van der Waals surface area (Å²) in [5, 5.41) is 10.8. The molecule has 0 bridgehead atoms. The Morgan fingerprint density at radius 2 is 1.63 bits per heavy atom. The highest BCUT2D eigenvalue weighted by molar-refractivity contribution is 5.83. The summed E-state index contributed by atoms with van der Waals surface area (Å²) in [5.41, 5.74) is 0.171.